The van der Waals surface area contributed by atoms with Crippen molar-refractivity contribution in [3.63, 3.8) is 0 Å². The molecule has 0 fully saturated rings. The summed E-state index contributed by atoms with van der Waals surface area (Å²) >= 11 is 2.67. The number of aliphatic hydroxyl groups excluding tert-OH is 3. The van der Waals surface area contributed by atoms with Crippen molar-refractivity contribution in [2.75, 3.05) is 297 Å². The number of phenols is 2. The minimum absolute atomic E-state index is 0.0417. The van der Waals surface area contributed by atoms with E-state index in [1.165, 1.54) is 11.1 Å². The van der Waals surface area contributed by atoms with Gasteiger partial charge in [0.15, 0.2) is 0 Å². The lowest BCUT2D eigenvalue weighted by atomic mass is 10.1. The first kappa shape index (κ1) is 134. The van der Waals surface area contributed by atoms with E-state index in [0.29, 0.717) is 277 Å². The maximum atomic E-state index is 11.5. The van der Waals surface area contributed by atoms with Gasteiger partial charge < -0.3 is 144 Å². The van der Waals surface area contributed by atoms with Crippen LogP contribution in [0.2, 0.25) is 0 Å². The zero-order valence-electron chi connectivity index (χ0n) is 83.1. The van der Waals surface area contributed by atoms with Crippen molar-refractivity contribution in [3.8, 4) is 59.3 Å². The molecule has 0 aromatic heterocycles. The molecular weight excluding hydrogens is 1820 g/mol. The van der Waals surface area contributed by atoms with Crippen molar-refractivity contribution in [1.82, 2.24) is 0 Å². The van der Waals surface area contributed by atoms with Gasteiger partial charge in [0.2, 0.25) is 0 Å². The SMILES string of the molecule is C#CBr.C#CCOCCOCCOCCO.C#CCOCCOCCOCCOCCC(=O)OC(C)(C)C.CC(C)(C)OC(=O)CCOCCOCCOCCOCC#Cc1cccc(O)c1.CC(C)(C)OC(=O)CCOCCOCCOCCOCCCc1cccc(O)c1.Cc1cccc(CCCOCCOCCOCCOCCC(=O)OC(C)(C)C)c1.OCCOCCOCCO. The van der Waals surface area contributed by atoms with E-state index < -0.39 is 22.4 Å². The number of rotatable bonds is 74. The fraction of sp³-hybridized carbons (Fsp3) is 0.700. The minimum atomic E-state index is -0.467. The van der Waals surface area contributed by atoms with Gasteiger partial charge in [-0.3, -0.25) is 19.2 Å². The monoisotopic (exact) mass is 1990 g/mol. The van der Waals surface area contributed by atoms with E-state index in [1.54, 1.807) is 30.3 Å². The number of benzene rings is 3. The van der Waals surface area contributed by atoms with Crippen LogP contribution in [0.3, 0.4) is 0 Å². The Balaban J connectivity index is -0.000000781. The van der Waals surface area contributed by atoms with Crippen LogP contribution >= 0.6 is 15.9 Å². The lowest BCUT2D eigenvalue weighted by Crippen LogP contribution is -2.24. The van der Waals surface area contributed by atoms with Gasteiger partial charge in [0.05, 0.1) is 290 Å². The molecule has 3 aromatic carbocycles. The molecule has 35 heteroatoms. The zero-order valence-corrected chi connectivity index (χ0v) is 84.7. The summed E-state index contributed by atoms with van der Waals surface area (Å²) < 4.78 is 131. The van der Waals surface area contributed by atoms with Gasteiger partial charge in [-0.25, -0.2) is 0 Å². The molecule has 34 nitrogen and oxygen atoms in total. The summed E-state index contributed by atoms with van der Waals surface area (Å²) in [6.45, 7) is 43.7. The van der Waals surface area contributed by atoms with Gasteiger partial charge >= 0.3 is 23.9 Å². The van der Waals surface area contributed by atoms with E-state index in [2.05, 4.69) is 82.1 Å². The van der Waals surface area contributed by atoms with Crippen LogP contribution in [0.15, 0.2) is 72.8 Å². The summed E-state index contributed by atoms with van der Waals surface area (Å²) in [6, 6.07) is 22.6. The van der Waals surface area contributed by atoms with Gasteiger partial charge in [-0.2, -0.15) is 0 Å². The summed E-state index contributed by atoms with van der Waals surface area (Å²) in [5, 5.41) is 43.6. The molecule has 0 spiro atoms. The number of aliphatic hydroxyl groups is 3. The number of phenolic OH excluding ortho intramolecular Hbond substituents is 2. The molecule has 0 aliphatic heterocycles. The molecule has 0 saturated heterocycles. The smallest absolute Gasteiger partial charge is 0.308 e. The van der Waals surface area contributed by atoms with Crippen molar-refractivity contribution in [2.24, 2.45) is 0 Å². The lowest BCUT2D eigenvalue weighted by Gasteiger charge is -2.19. The van der Waals surface area contributed by atoms with Gasteiger partial charge in [-0.1, -0.05) is 71.7 Å². The molecule has 0 amide bonds. The number of aryl methyl sites for hydroxylation is 3. The zero-order chi connectivity index (χ0) is 101. The molecular formula is C100H165BrO34. The second kappa shape index (κ2) is 99.9. The van der Waals surface area contributed by atoms with Crippen LogP contribution in [-0.2, 0) is 150 Å². The van der Waals surface area contributed by atoms with Crippen LogP contribution in [0.5, 0.6) is 11.5 Å². The van der Waals surface area contributed by atoms with E-state index in [1.807, 2.05) is 101 Å². The number of halogens is 1. The van der Waals surface area contributed by atoms with Gasteiger partial charge in [0, 0.05) is 34.7 Å². The van der Waals surface area contributed by atoms with Crippen LogP contribution < -0.4 is 0 Å². The molecule has 3 aromatic rings. The second-order valence-corrected chi connectivity index (χ2v) is 32.4. The average molecular weight is 1990 g/mol. The summed E-state index contributed by atoms with van der Waals surface area (Å²) in [6.07, 6.45) is 19.3. The van der Waals surface area contributed by atoms with Crippen LogP contribution in [0.1, 0.15) is 144 Å². The highest BCUT2D eigenvalue weighted by atomic mass is 79.9. The fourth-order valence-electron chi connectivity index (χ4n) is 9.43. The molecule has 0 aliphatic rings. The Hall–Kier alpha value is -7.10. The Labute approximate surface area is 814 Å². The summed E-state index contributed by atoms with van der Waals surface area (Å²) in [4.78, 5) is 47.9. The Morgan fingerprint density at radius 3 is 0.763 bits per heavy atom. The molecule has 0 bridgehead atoms. The average Bonchev–Trinajstić information content (AvgIpc) is 0.917. The minimum Gasteiger partial charge on any atom is -0.508 e. The third-order valence-electron chi connectivity index (χ3n) is 14.9. The number of hydrogen-bond donors (Lipinski definition) is 5. The van der Waals surface area contributed by atoms with E-state index in [4.69, 9.17) is 147 Å². The first-order chi connectivity index (χ1) is 64.8. The molecule has 0 saturated carbocycles. The Kier molecular flexibility index (Phi) is 99.3. The molecule has 0 aliphatic carbocycles. The van der Waals surface area contributed by atoms with E-state index >= 15 is 0 Å². The van der Waals surface area contributed by atoms with Crippen LogP contribution in [-0.4, -0.2) is 369 Å². The van der Waals surface area contributed by atoms with Gasteiger partial charge in [-0.05, 0) is 162 Å². The third kappa shape index (κ3) is 119. The predicted octanol–water partition coefficient (Wildman–Crippen LogP) is 10.4. The van der Waals surface area contributed by atoms with Gasteiger partial charge in [0.25, 0.3) is 0 Å². The molecule has 0 radical (unpaired) electrons. The van der Waals surface area contributed by atoms with E-state index in [9.17, 15) is 29.4 Å². The normalized spacial score (nSPS) is 10.9. The van der Waals surface area contributed by atoms with Crippen LogP contribution in [0.25, 0.3) is 0 Å². The largest absolute Gasteiger partial charge is 0.508 e. The van der Waals surface area contributed by atoms with Crippen molar-refractivity contribution in [3.05, 3.63) is 95.1 Å². The summed E-state index contributed by atoms with van der Waals surface area (Å²) in [5.74, 6) is 9.99. The van der Waals surface area contributed by atoms with Crippen molar-refractivity contribution in [2.45, 2.75) is 164 Å². The molecule has 135 heavy (non-hydrogen) atoms. The number of hydrogen-bond acceptors (Lipinski definition) is 34. The molecule has 0 heterocycles. The Bertz CT molecular complexity index is 3260. The first-order valence-electron chi connectivity index (χ1n) is 45.7. The molecule has 0 unspecified atom stereocenters. The maximum Gasteiger partial charge on any atom is 0.308 e. The number of esters is 4. The highest BCUT2D eigenvalue weighted by Crippen LogP contribution is 2.15. The predicted molar refractivity (Wildman–Crippen MR) is 517 cm³/mol. The third-order valence-corrected chi connectivity index (χ3v) is 14.9. The lowest BCUT2D eigenvalue weighted by molar-refractivity contribution is -0.157. The van der Waals surface area contributed by atoms with Crippen molar-refractivity contribution >= 4 is 39.8 Å². The Morgan fingerprint density at radius 1 is 0.296 bits per heavy atom. The topological polar surface area (TPSA) is 400 Å². The number of ether oxygens (including phenoxy) is 25. The highest BCUT2D eigenvalue weighted by Gasteiger charge is 2.19. The van der Waals surface area contributed by atoms with Gasteiger partial charge in [-0.15, -0.1) is 19.3 Å². The van der Waals surface area contributed by atoms with E-state index in [0.717, 1.165) is 43.4 Å². The first-order valence-corrected chi connectivity index (χ1v) is 46.5. The second-order valence-electron chi connectivity index (χ2n) is 31.9. The fourth-order valence-corrected chi connectivity index (χ4v) is 9.43. The van der Waals surface area contributed by atoms with E-state index in [-0.39, 0.29) is 75.1 Å². The quantitative estimate of drug-likeness (QED) is 0.0152. The molecule has 0 atom stereocenters. The molecule has 5 N–H and O–H groups in total. The Morgan fingerprint density at radius 2 is 0.519 bits per heavy atom. The summed E-state index contributed by atoms with van der Waals surface area (Å²) in [5.41, 5.74) is 2.68. The number of carbonyl (C=O) groups excluding carboxylic acids is 4. The van der Waals surface area contributed by atoms with Crippen molar-refractivity contribution in [1.29, 1.82) is 0 Å². The van der Waals surface area contributed by atoms with Gasteiger partial charge in [0.1, 0.15) is 53.7 Å². The number of terminal acetylenes is 3. The van der Waals surface area contributed by atoms with Crippen LogP contribution in [0, 0.1) is 54.7 Å². The summed E-state index contributed by atoms with van der Waals surface area (Å²) in [7, 11) is 0. The number of aromatic hydroxyl groups is 2. The highest BCUT2D eigenvalue weighted by molar-refractivity contribution is 9.12. The number of carbonyl (C=O) groups is 4. The van der Waals surface area contributed by atoms with Crippen molar-refractivity contribution < 1.29 is 163 Å². The standard InChI is InChI=1S/C23H38O6.C22H36O7.C22H32O7.C16H28O6.C9H16O4.C6H14O4.C2HBr/c1-20-7-5-8-21(19-20)9-6-11-25-13-15-27-17-18-28-16-14-26-12-10-22(24)29-23(2,3)4;2*1-22(2,3)29-21(24)9-11-26-13-15-28-17-16-27-14-12-25-10-5-7-19-6-4-8-20(23)18-19;1-5-7-18-9-11-20-13-14-21-12-10-19-8-6-15(17)22-16(2,3)4;1-2-4-11-6-8-13-9-7-12-5-3-10;7-1-3-9-5-6-10-4-2-8;1-2-3/h5,7-8,19H,6,9-18H2,1-4H3;4,6,8,18,23H,5,7,9-17H2,1-3H3;4,6,8,18,23H,9-17H2,1-3H3;1H,6-14H2,2-4H3;1,10H,3-9H2;7-8H,1-6H2;1H. The van der Waals surface area contributed by atoms with Crippen LogP contribution in [0.4, 0.5) is 0 Å². The molecule has 3 rings (SSSR count). The maximum absolute atomic E-state index is 11.5. The molecule has 776 valence electrons.